The van der Waals surface area contributed by atoms with Gasteiger partial charge in [-0.1, -0.05) is 46.3 Å². The van der Waals surface area contributed by atoms with Crippen LogP contribution in [-0.4, -0.2) is 11.1 Å². The van der Waals surface area contributed by atoms with Gasteiger partial charge in [0.25, 0.3) is 0 Å². The summed E-state index contributed by atoms with van der Waals surface area (Å²) in [6, 6.07) is 23.9. The molecule has 3 aromatic carbocycles. The zero-order valence-corrected chi connectivity index (χ0v) is 16.0. The minimum absolute atomic E-state index is 0.439. The van der Waals surface area contributed by atoms with E-state index in [1.165, 1.54) is 0 Å². The van der Waals surface area contributed by atoms with Crippen molar-refractivity contribution in [3.8, 4) is 5.75 Å². The van der Waals surface area contributed by atoms with E-state index in [9.17, 15) is 4.79 Å². The third-order valence-electron chi connectivity index (χ3n) is 3.45. The quantitative estimate of drug-likeness (QED) is 0.513. The first-order valence-corrected chi connectivity index (χ1v) is 9.01. The molecule has 0 atom stereocenters. The van der Waals surface area contributed by atoms with E-state index >= 15 is 0 Å². The molecule has 26 heavy (non-hydrogen) atoms. The van der Waals surface area contributed by atoms with Gasteiger partial charge in [-0.05, 0) is 60.7 Å². The molecule has 0 aromatic heterocycles. The van der Waals surface area contributed by atoms with Crippen molar-refractivity contribution >= 4 is 50.6 Å². The Morgan fingerprint density at radius 3 is 2.08 bits per heavy atom. The fraction of sp³-hybridized carbons (Fsp3) is 0. The number of hydrogen-bond donors (Lipinski definition) is 2. The molecule has 0 saturated heterocycles. The summed E-state index contributed by atoms with van der Waals surface area (Å²) in [4.78, 5) is 12.5. The van der Waals surface area contributed by atoms with Crippen LogP contribution >= 0.6 is 28.1 Å². The molecule has 3 rings (SSSR count). The van der Waals surface area contributed by atoms with Crippen molar-refractivity contribution in [2.24, 2.45) is 0 Å². The van der Waals surface area contributed by atoms with Crippen LogP contribution in [0.25, 0.3) is 0 Å². The smallest absolute Gasteiger partial charge is 0.410 e. The Hall–Kier alpha value is -2.70. The number of benzene rings is 3. The normalized spacial score (nSPS) is 10.0. The lowest BCUT2D eigenvalue weighted by Crippen LogP contribution is -2.16. The minimum atomic E-state index is -0.542. The number of thiocarbonyl (C=S) groups is 1. The predicted octanol–water partition coefficient (Wildman–Crippen LogP) is 5.85. The average molecular weight is 427 g/mol. The van der Waals surface area contributed by atoms with Crippen LogP contribution in [0.15, 0.2) is 83.3 Å². The second kappa shape index (κ2) is 8.60. The minimum Gasteiger partial charge on any atom is -0.410 e. The van der Waals surface area contributed by atoms with Crippen molar-refractivity contribution in [1.82, 2.24) is 0 Å². The second-order valence-corrected chi connectivity index (χ2v) is 6.69. The van der Waals surface area contributed by atoms with E-state index in [0.717, 1.165) is 15.7 Å². The molecular formula is C20H15BrN2O2S. The summed E-state index contributed by atoms with van der Waals surface area (Å²) in [6.45, 7) is 0. The van der Waals surface area contributed by atoms with Crippen LogP contribution in [0.3, 0.4) is 0 Å². The summed E-state index contributed by atoms with van der Waals surface area (Å²) in [7, 11) is 0. The van der Waals surface area contributed by atoms with E-state index in [1.54, 1.807) is 36.4 Å². The monoisotopic (exact) mass is 426 g/mol. The highest BCUT2D eigenvalue weighted by Gasteiger charge is 2.07. The van der Waals surface area contributed by atoms with Crippen LogP contribution in [0, 0.1) is 0 Å². The Labute approximate surface area is 165 Å². The summed E-state index contributed by atoms with van der Waals surface area (Å²) in [5.74, 6) is 0.439. The van der Waals surface area contributed by atoms with Gasteiger partial charge < -0.3 is 10.1 Å². The predicted molar refractivity (Wildman–Crippen MR) is 112 cm³/mol. The van der Waals surface area contributed by atoms with Crippen LogP contribution in [-0.2, 0) is 0 Å². The Morgan fingerprint density at radius 2 is 1.42 bits per heavy atom. The van der Waals surface area contributed by atoms with Gasteiger partial charge in [0.15, 0.2) is 0 Å². The summed E-state index contributed by atoms with van der Waals surface area (Å²) >= 11 is 8.81. The summed E-state index contributed by atoms with van der Waals surface area (Å²) in [5, 5.41) is 5.83. The Morgan fingerprint density at radius 1 is 0.808 bits per heavy atom. The zero-order valence-electron chi connectivity index (χ0n) is 13.6. The van der Waals surface area contributed by atoms with E-state index in [2.05, 4.69) is 26.6 Å². The number of hydrogen-bond acceptors (Lipinski definition) is 3. The van der Waals surface area contributed by atoms with E-state index in [0.29, 0.717) is 16.4 Å². The molecule has 0 aliphatic carbocycles. The van der Waals surface area contributed by atoms with E-state index in [4.69, 9.17) is 17.0 Å². The number of rotatable bonds is 4. The summed E-state index contributed by atoms with van der Waals surface area (Å²) in [6.07, 6.45) is -0.542. The standard InChI is InChI=1S/C20H15BrN2O2S/c21-15-8-10-17(11-9-15)22-19(26)14-6-12-18(13-7-14)25-20(24)23-16-4-2-1-3-5-16/h1-13H,(H,22,26)(H,23,24). The molecule has 0 saturated carbocycles. The number of carbonyl (C=O) groups is 1. The van der Waals surface area contributed by atoms with E-state index < -0.39 is 6.09 Å². The van der Waals surface area contributed by atoms with Gasteiger partial charge in [0, 0.05) is 21.4 Å². The van der Waals surface area contributed by atoms with Crippen LogP contribution in [0.5, 0.6) is 5.75 Å². The molecule has 6 heteroatoms. The first-order chi connectivity index (χ1) is 12.6. The maximum absolute atomic E-state index is 11.9. The van der Waals surface area contributed by atoms with Crippen molar-refractivity contribution in [2.75, 3.05) is 10.6 Å². The summed E-state index contributed by atoms with van der Waals surface area (Å²) in [5.41, 5.74) is 2.41. The van der Waals surface area contributed by atoms with Gasteiger partial charge in [-0.25, -0.2) is 4.79 Å². The topological polar surface area (TPSA) is 50.4 Å². The van der Waals surface area contributed by atoms with Gasteiger partial charge in [0.2, 0.25) is 0 Å². The molecule has 0 aliphatic rings. The molecule has 0 fully saturated rings. The molecule has 1 amide bonds. The molecule has 0 bridgehead atoms. The highest BCUT2D eigenvalue weighted by atomic mass is 79.9. The van der Waals surface area contributed by atoms with Crippen molar-refractivity contribution in [1.29, 1.82) is 0 Å². The molecule has 0 heterocycles. The Bertz CT molecular complexity index is 897. The third kappa shape index (κ3) is 5.15. The van der Waals surface area contributed by atoms with Gasteiger partial charge >= 0.3 is 6.09 Å². The maximum Gasteiger partial charge on any atom is 0.417 e. The molecule has 0 spiro atoms. The molecule has 4 nitrogen and oxygen atoms in total. The number of carbonyl (C=O) groups excluding carboxylic acids is 1. The van der Waals surface area contributed by atoms with Crippen molar-refractivity contribution in [3.05, 3.63) is 88.9 Å². The molecule has 0 radical (unpaired) electrons. The molecule has 130 valence electrons. The first kappa shape index (κ1) is 18.1. The Kier molecular flexibility index (Phi) is 5.99. The molecule has 2 N–H and O–H groups in total. The fourth-order valence-electron chi connectivity index (χ4n) is 2.18. The van der Waals surface area contributed by atoms with E-state index in [-0.39, 0.29) is 0 Å². The second-order valence-electron chi connectivity index (χ2n) is 5.37. The molecule has 3 aromatic rings. The van der Waals surface area contributed by atoms with Crippen LogP contribution in [0.2, 0.25) is 0 Å². The maximum atomic E-state index is 11.9. The number of nitrogens with one attached hydrogen (secondary N) is 2. The number of anilines is 2. The van der Waals surface area contributed by atoms with Gasteiger partial charge in [-0.3, -0.25) is 5.32 Å². The van der Waals surface area contributed by atoms with Crippen molar-refractivity contribution in [2.45, 2.75) is 0 Å². The number of halogens is 1. The van der Waals surface area contributed by atoms with Gasteiger partial charge in [-0.15, -0.1) is 0 Å². The number of amides is 1. The average Bonchev–Trinajstić information content (AvgIpc) is 2.65. The van der Waals surface area contributed by atoms with Crippen LogP contribution in [0.4, 0.5) is 16.2 Å². The number of para-hydroxylation sites is 1. The largest absolute Gasteiger partial charge is 0.417 e. The highest BCUT2D eigenvalue weighted by Crippen LogP contribution is 2.18. The van der Waals surface area contributed by atoms with Crippen LogP contribution < -0.4 is 15.4 Å². The number of ether oxygens (including phenoxy) is 1. The van der Waals surface area contributed by atoms with Crippen molar-refractivity contribution < 1.29 is 9.53 Å². The zero-order chi connectivity index (χ0) is 18.4. The lowest BCUT2D eigenvalue weighted by atomic mass is 10.2. The highest BCUT2D eigenvalue weighted by molar-refractivity contribution is 9.10. The SMILES string of the molecule is O=C(Nc1ccccc1)Oc1ccc(C(=S)Nc2ccc(Br)cc2)cc1. The van der Waals surface area contributed by atoms with Gasteiger partial charge in [0.1, 0.15) is 10.7 Å². The Balaban J connectivity index is 1.58. The molecule has 0 aliphatic heterocycles. The first-order valence-electron chi connectivity index (χ1n) is 7.81. The molecular weight excluding hydrogens is 412 g/mol. The van der Waals surface area contributed by atoms with Crippen molar-refractivity contribution in [3.63, 3.8) is 0 Å². The van der Waals surface area contributed by atoms with E-state index in [1.807, 2.05) is 42.5 Å². The lowest BCUT2D eigenvalue weighted by Gasteiger charge is -2.10. The summed E-state index contributed by atoms with van der Waals surface area (Å²) < 4.78 is 6.27. The lowest BCUT2D eigenvalue weighted by molar-refractivity contribution is 0.215. The fourth-order valence-corrected chi connectivity index (χ4v) is 2.70. The third-order valence-corrected chi connectivity index (χ3v) is 4.32. The molecule has 0 unspecified atom stereocenters. The van der Waals surface area contributed by atoms with Crippen LogP contribution in [0.1, 0.15) is 5.56 Å². The van der Waals surface area contributed by atoms with Gasteiger partial charge in [0.05, 0.1) is 0 Å². The van der Waals surface area contributed by atoms with Gasteiger partial charge in [-0.2, -0.15) is 0 Å².